The average Bonchev–Trinajstić information content (AvgIpc) is 3.09. The minimum Gasteiger partial charge on any atom is -0.488 e. The van der Waals surface area contributed by atoms with E-state index in [1.54, 1.807) is 12.1 Å². The third kappa shape index (κ3) is 2.37. The molecule has 0 spiro atoms. The molecule has 1 atom stereocenters. The molecular formula is C15H20FNO. The molecule has 1 saturated carbocycles. The van der Waals surface area contributed by atoms with Crippen LogP contribution in [0.5, 0.6) is 5.75 Å². The first-order chi connectivity index (χ1) is 8.54. The van der Waals surface area contributed by atoms with Crippen molar-refractivity contribution in [3.05, 3.63) is 29.6 Å². The molecule has 1 aromatic rings. The summed E-state index contributed by atoms with van der Waals surface area (Å²) in [5.74, 6) is 1.47. The summed E-state index contributed by atoms with van der Waals surface area (Å²) in [6.07, 6.45) is 3.61. The monoisotopic (exact) mass is 249 g/mol. The van der Waals surface area contributed by atoms with Crippen LogP contribution in [0.4, 0.5) is 4.39 Å². The molecule has 3 heteroatoms. The molecule has 0 radical (unpaired) electrons. The smallest absolute Gasteiger partial charge is 0.123 e. The van der Waals surface area contributed by atoms with Gasteiger partial charge in [-0.1, -0.05) is 0 Å². The molecule has 1 N–H and O–H groups in total. The highest BCUT2D eigenvalue weighted by Crippen LogP contribution is 2.39. The number of halogens is 1. The van der Waals surface area contributed by atoms with Gasteiger partial charge < -0.3 is 10.1 Å². The minimum absolute atomic E-state index is 0.139. The number of benzene rings is 1. The summed E-state index contributed by atoms with van der Waals surface area (Å²) in [5, 5.41) is 3.59. The minimum atomic E-state index is -0.177. The van der Waals surface area contributed by atoms with Crippen LogP contribution in [0.15, 0.2) is 18.2 Å². The Labute approximate surface area is 108 Å². The predicted octanol–water partition coefficient (Wildman–Crippen LogP) is 2.91. The summed E-state index contributed by atoms with van der Waals surface area (Å²) in [6.45, 7) is 5.35. The van der Waals surface area contributed by atoms with Crippen LogP contribution in [0.1, 0.15) is 32.3 Å². The normalized spacial score (nSPS) is 22.7. The summed E-state index contributed by atoms with van der Waals surface area (Å²) in [4.78, 5) is 0. The van der Waals surface area contributed by atoms with Crippen molar-refractivity contribution in [2.24, 2.45) is 5.92 Å². The molecule has 0 amide bonds. The molecule has 1 fully saturated rings. The molecule has 0 saturated heterocycles. The Morgan fingerprint density at radius 2 is 2.17 bits per heavy atom. The molecule has 0 bridgehead atoms. The van der Waals surface area contributed by atoms with Gasteiger partial charge in [-0.2, -0.15) is 0 Å². The van der Waals surface area contributed by atoms with Gasteiger partial charge in [0.2, 0.25) is 0 Å². The number of ether oxygens (including phenoxy) is 1. The topological polar surface area (TPSA) is 21.3 Å². The lowest BCUT2D eigenvalue weighted by Crippen LogP contribution is -2.46. The molecule has 1 unspecified atom stereocenters. The second-order valence-corrected chi connectivity index (χ2v) is 6.07. The van der Waals surface area contributed by atoms with Crippen LogP contribution in [-0.4, -0.2) is 18.2 Å². The van der Waals surface area contributed by atoms with E-state index in [9.17, 15) is 4.39 Å². The molecule has 2 nitrogen and oxygen atoms in total. The van der Waals surface area contributed by atoms with Crippen molar-refractivity contribution in [3.63, 3.8) is 0 Å². The van der Waals surface area contributed by atoms with Crippen LogP contribution in [-0.2, 0) is 6.42 Å². The summed E-state index contributed by atoms with van der Waals surface area (Å²) in [7, 11) is 0. The zero-order chi connectivity index (χ0) is 12.8. The lowest BCUT2D eigenvalue weighted by atomic mass is 9.98. The second-order valence-electron chi connectivity index (χ2n) is 6.07. The molecular weight excluding hydrogens is 229 g/mol. The second kappa shape index (κ2) is 4.23. The number of nitrogens with one attached hydrogen (secondary N) is 1. The summed E-state index contributed by atoms with van der Waals surface area (Å²) >= 11 is 0. The molecule has 1 aliphatic carbocycles. The van der Waals surface area contributed by atoms with Gasteiger partial charge in [0.15, 0.2) is 0 Å². The zero-order valence-corrected chi connectivity index (χ0v) is 11.0. The van der Waals surface area contributed by atoms with Gasteiger partial charge in [0.1, 0.15) is 17.7 Å². The van der Waals surface area contributed by atoms with Crippen LogP contribution in [0, 0.1) is 11.7 Å². The number of hydrogen-bond donors (Lipinski definition) is 1. The molecule has 3 rings (SSSR count). The highest BCUT2D eigenvalue weighted by Gasteiger charge is 2.38. The first kappa shape index (κ1) is 12.0. The highest BCUT2D eigenvalue weighted by atomic mass is 19.1. The van der Waals surface area contributed by atoms with E-state index in [1.807, 2.05) is 0 Å². The third-order valence-corrected chi connectivity index (χ3v) is 4.15. The fourth-order valence-electron chi connectivity index (χ4n) is 2.73. The van der Waals surface area contributed by atoms with Crippen LogP contribution in [0.2, 0.25) is 0 Å². The van der Waals surface area contributed by atoms with Crippen LogP contribution in [0.3, 0.4) is 0 Å². The van der Waals surface area contributed by atoms with Gasteiger partial charge in [0.05, 0.1) is 0 Å². The molecule has 1 aliphatic heterocycles. The van der Waals surface area contributed by atoms with Crippen molar-refractivity contribution in [1.82, 2.24) is 5.32 Å². The largest absolute Gasteiger partial charge is 0.488 e. The Morgan fingerprint density at radius 1 is 1.39 bits per heavy atom. The maximum Gasteiger partial charge on any atom is 0.123 e. The van der Waals surface area contributed by atoms with Crippen molar-refractivity contribution in [3.8, 4) is 5.75 Å². The van der Waals surface area contributed by atoms with Gasteiger partial charge in [0.25, 0.3) is 0 Å². The first-order valence-electron chi connectivity index (χ1n) is 6.75. The van der Waals surface area contributed by atoms with Gasteiger partial charge >= 0.3 is 0 Å². The van der Waals surface area contributed by atoms with E-state index in [1.165, 1.54) is 18.9 Å². The first-order valence-corrected chi connectivity index (χ1v) is 6.75. The van der Waals surface area contributed by atoms with Crippen LogP contribution < -0.4 is 10.1 Å². The van der Waals surface area contributed by atoms with Gasteiger partial charge in [-0.05, 0) is 50.8 Å². The highest BCUT2D eigenvalue weighted by molar-refractivity contribution is 5.37. The number of rotatable bonds is 4. The molecule has 98 valence electrons. The Kier molecular flexibility index (Phi) is 2.81. The van der Waals surface area contributed by atoms with E-state index in [0.717, 1.165) is 30.2 Å². The lowest BCUT2D eigenvalue weighted by molar-refractivity contribution is 0.202. The molecule has 1 heterocycles. The Hall–Kier alpha value is -1.09. The summed E-state index contributed by atoms with van der Waals surface area (Å²) in [6, 6.07) is 4.78. The van der Waals surface area contributed by atoms with Crippen molar-refractivity contribution in [2.45, 2.75) is 44.8 Å². The zero-order valence-electron chi connectivity index (χ0n) is 11.0. The molecule has 0 aromatic heterocycles. The summed E-state index contributed by atoms with van der Waals surface area (Å²) in [5.41, 5.74) is 1.19. The van der Waals surface area contributed by atoms with Crippen molar-refractivity contribution >= 4 is 0 Å². The van der Waals surface area contributed by atoms with Crippen LogP contribution >= 0.6 is 0 Å². The van der Waals surface area contributed by atoms with E-state index >= 15 is 0 Å². The Balaban J connectivity index is 1.57. The Morgan fingerprint density at radius 3 is 2.89 bits per heavy atom. The van der Waals surface area contributed by atoms with E-state index in [-0.39, 0.29) is 17.5 Å². The molecule has 2 aliphatic rings. The molecule has 18 heavy (non-hydrogen) atoms. The maximum atomic E-state index is 13.1. The SMILES string of the molecule is CC(C)(NCC1Cc2cc(F)ccc2O1)C1CC1. The maximum absolute atomic E-state index is 13.1. The standard InChI is InChI=1S/C15H20FNO/c1-15(2,11-3-4-11)17-9-13-8-10-7-12(16)5-6-14(10)18-13/h5-7,11,13,17H,3-4,8-9H2,1-2H3. The van der Waals surface area contributed by atoms with E-state index in [0.29, 0.717) is 0 Å². The average molecular weight is 249 g/mol. The molecule has 1 aromatic carbocycles. The predicted molar refractivity (Wildman–Crippen MR) is 69.3 cm³/mol. The fourth-order valence-corrected chi connectivity index (χ4v) is 2.73. The Bertz CT molecular complexity index is 454. The van der Waals surface area contributed by atoms with Crippen molar-refractivity contribution in [1.29, 1.82) is 0 Å². The van der Waals surface area contributed by atoms with Gasteiger partial charge in [-0.3, -0.25) is 0 Å². The van der Waals surface area contributed by atoms with Crippen molar-refractivity contribution in [2.75, 3.05) is 6.54 Å². The number of fused-ring (bicyclic) bond motifs is 1. The summed E-state index contributed by atoms with van der Waals surface area (Å²) < 4.78 is 18.9. The van der Waals surface area contributed by atoms with Gasteiger partial charge in [-0.25, -0.2) is 4.39 Å². The van der Waals surface area contributed by atoms with E-state index in [2.05, 4.69) is 19.2 Å². The lowest BCUT2D eigenvalue weighted by Gasteiger charge is -2.27. The third-order valence-electron chi connectivity index (χ3n) is 4.15. The quantitative estimate of drug-likeness (QED) is 0.886. The van der Waals surface area contributed by atoms with E-state index in [4.69, 9.17) is 4.74 Å². The van der Waals surface area contributed by atoms with Crippen LogP contribution in [0.25, 0.3) is 0 Å². The van der Waals surface area contributed by atoms with Crippen molar-refractivity contribution < 1.29 is 9.13 Å². The van der Waals surface area contributed by atoms with Gasteiger partial charge in [0, 0.05) is 24.1 Å². The van der Waals surface area contributed by atoms with Gasteiger partial charge in [-0.15, -0.1) is 0 Å². The number of hydrogen-bond acceptors (Lipinski definition) is 2. The fraction of sp³-hybridized carbons (Fsp3) is 0.600. The van der Waals surface area contributed by atoms with E-state index < -0.39 is 0 Å².